The lowest BCUT2D eigenvalue weighted by Gasteiger charge is -2.30. The molecule has 0 fully saturated rings. The summed E-state index contributed by atoms with van der Waals surface area (Å²) in [6.07, 6.45) is 0.788. The van der Waals surface area contributed by atoms with E-state index < -0.39 is 0 Å². The first-order chi connectivity index (χ1) is 17.0. The molecule has 0 N–H and O–H groups in total. The molecule has 0 unspecified atom stereocenters. The van der Waals surface area contributed by atoms with Crippen molar-refractivity contribution in [2.45, 2.75) is 32.4 Å². The average Bonchev–Trinajstić information content (AvgIpc) is 2.88. The number of hydrogen-bond acceptors (Lipinski definition) is 3. The van der Waals surface area contributed by atoms with Crippen molar-refractivity contribution in [2.24, 2.45) is 0 Å². The molecule has 0 radical (unpaired) electrons. The van der Waals surface area contributed by atoms with Crippen LogP contribution in [-0.4, -0.2) is 26.9 Å². The van der Waals surface area contributed by atoms with Crippen molar-refractivity contribution >= 4 is 17.5 Å². The normalized spacial score (nSPS) is 13.1. The fourth-order valence-corrected chi connectivity index (χ4v) is 4.91. The Hall–Kier alpha value is -3.70. The first-order valence-electron chi connectivity index (χ1n) is 11.7. The zero-order chi connectivity index (χ0) is 24.4. The average molecular weight is 484 g/mol. The van der Waals surface area contributed by atoms with Gasteiger partial charge in [-0.2, -0.15) is 0 Å². The molecule has 4 aromatic rings. The van der Waals surface area contributed by atoms with Crippen LogP contribution in [0, 0.1) is 6.92 Å². The molecule has 1 amide bonds. The van der Waals surface area contributed by atoms with Crippen molar-refractivity contribution in [3.05, 3.63) is 134 Å². The smallest absolute Gasteiger partial charge is 0.257 e. The molecule has 2 heterocycles. The third-order valence-electron chi connectivity index (χ3n) is 6.55. The standard InChI is InChI=1S/C29H26ClN3O2/c1-20-31-26-19-32(27(34)18-21-12-14-24(30)15-13-21)17-16-25(26)29(35)33(20)28(22-8-4-2-5-9-22)23-10-6-3-7-11-23/h2-15,28H,16-19H2,1H3. The molecule has 5 nitrogen and oxygen atoms in total. The Morgan fingerprint density at radius 3 is 2.14 bits per heavy atom. The van der Waals surface area contributed by atoms with Gasteiger partial charge in [-0.15, -0.1) is 0 Å². The van der Waals surface area contributed by atoms with E-state index in [9.17, 15) is 9.59 Å². The molecule has 1 aromatic heterocycles. The highest BCUT2D eigenvalue weighted by atomic mass is 35.5. The fourth-order valence-electron chi connectivity index (χ4n) is 4.79. The van der Waals surface area contributed by atoms with Crippen molar-refractivity contribution in [3.8, 4) is 0 Å². The van der Waals surface area contributed by atoms with E-state index in [2.05, 4.69) is 0 Å². The number of halogens is 1. The second kappa shape index (κ2) is 9.88. The van der Waals surface area contributed by atoms with E-state index >= 15 is 0 Å². The molecule has 35 heavy (non-hydrogen) atoms. The minimum Gasteiger partial charge on any atom is -0.336 e. The molecule has 1 aliphatic rings. The van der Waals surface area contributed by atoms with E-state index in [0.29, 0.717) is 48.0 Å². The highest BCUT2D eigenvalue weighted by Crippen LogP contribution is 2.27. The van der Waals surface area contributed by atoms with Gasteiger partial charge in [-0.25, -0.2) is 4.98 Å². The number of fused-ring (bicyclic) bond motifs is 1. The van der Waals surface area contributed by atoms with E-state index in [-0.39, 0.29) is 17.5 Å². The van der Waals surface area contributed by atoms with Gasteiger partial charge < -0.3 is 4.90 Å². The molecule has 6 heteroatoms. The number of aromatic nitrogens is 2. The molecular formula is C29H26ClN3O2. The Kier molecular flexibility index (Phi) is 6.51. The van der Waals surface area contributed by atoms with Gasteiger partial charge in [0.05, 0.1) is 24.7 Å². The summed E-state index contributed by atoms with van der Waals surface area (Å²) in [7, 11) is 0. The Morgan fingerprint density at radius 1 is 0.943 bits per heavy atom. The summed E-state index contributed by atoms with van der Waals surface area (Å²) < 4.78 is 1.80. The van der Waals surface area contributed by atoms with Gasteiger partial charge in [-0.3, -0.25) is 14.2 Å². The minimum atomic E-state index is -0.271. The number of carbonyl (C=O) groups excluding carboxylic acids is 1. The maximum absolute atomic E-state index is 13.8. The summed E-state index contributed by atoms with van der Waals surface area (Å²) in [5, 5.41) is 0.647. The van der Waals surface area contributed by atoms with Crippen LogP contribution in [0.15, 0.2) is 89.7 Å². The van der Waals surface area contributed by atoms with Gasteiger partial charge in [0, 0.05) is 17.1 Å². The Balaban J connectivity index is 1.48. The lowest BCUT2D eigenvalue weighted by molar-refractivity contribution is -0.131. The van der Waals surface area contributed by atoms with Crippen molar-refractivity contribution in [1.29, 1.82) is 0 Å². The van der Waals surface area contributed by atoms with Crippen LogP contribution in [0.3, 0.4) is 0 Å². The molecule has 0 saturated heterocycles. The number of carbonyl (C=O) groups is 1. The fraction of sp³-hybridized carbons (Fsp3) is 0.207. The summed E-state index contributed by atoms with van der Waals surface area (Å²) in [6, 6.07) is 27.1. The topological polar surface area (TPSA) is 55.2 Å². The predicted molar refractivity (Wildman–Crippen MR) is 138 cm³/mol. The summed E-state index contributed by atoms with van der Waals surface area (Å²) in [5.41, 5.74) is 4.33. The molecular weight excluding hydrogens is 458 g/mol. The van der Waals surface area contributed by atoms with Gasteiger partial charge in [0.15, 0.2) is 0 Å². The van der Waals surface area contributed by atoms with Crippen LogP contribution < -0.4 is 5.56 Å². The van der Waals surface area contributed by atoms with E-state index in [0.717, 1.165) is 16.7 Å². The monoisotopic (exact) mass is 483 g/mol. The first-order valence-corrected chi connectivity index (χ1v) is 12.1. The van der Waals surface area contributed by atoms with Crippen molar-refractivity contribution < 1.29 is 4.79 Å². The van der Waals surface area contributed by atoms with Crippen molar-refractivity contribution in [2.75, 3.05) is 6.54 Å². The zero-order valence-electron chi connectivity index (χ0n) is 19.5. The number of aryl methyl sites for hydroxylation is 1. The minimum absolute atomic E-state index is 0.0213. The van der Waals surface area contributed by atoms with Crippen LogP contribution in [0.1, 0.15) is 39.8 Å². The molecule has 176 valence electrons. The van der Waals surface area contributed by atoms with E-state index in [1.807, 2.05) is 79.7 Å². The molecule has 3 aromatic carbocycles. The summed E-state index contributed by atoms with van der Waals surface area (Å²) >= 11 is 5.96. The number of hydrogen-bond donors (Lipinski definition) is 0. The van der Waals surface area contributed by atoms with Gasteiger partial charge in [-0.1, -0.05) is 84.4 Å². The van der Waals surface area contributed by atoms with E-state index in [1.54, 1.807) is 21.6 Å². The van der Waals surface area contributed by atoms with Crippen LogP contribution in [0.4, 0.5) is 0 Å². The summed E-state index contributed by atoms with van der Waals surface area (Å²) in [6.45, 7) is 2.72. The first kappa shape index (κ1) is 23.1. The molecule has 1 aliphatic heterocycles. The Labute approximate surface area is 209 Å². The largest absolute Gasteiger partial charge is 0.336 e. The highest BCUT2D eigenvalue weighted by molar-refractivity contribution is 6.30. The summed E-state index contributed by atoms with van der Waals surface area (Å²) in [5.74, 6) is 0.659. The summed E-state index contributed by atoms with van der Waals surface area (Å²) in [4.78, 5) is 33.4. The van der Waals surface area contributed by atoms with Gasteiger partial charge in [0.25, 0.3) is 5.56 Å². The third kappa shape index (κ3) is 4.77. The van der Waals surface area contributed by atoms with Gasteiger partial charge in [0.2, 0.25) is 5.91 Å². The van der Waals surface area contributed by atoms with Gasteiger partial charge in [-0.05, 0) is 42.2 Å². The maximum atomic E-state index is 13.8. The number of nitrogens with zero attached hydrogens (tertiary/aromatic N) is 3. The molecule has 0 atom stereocenters. The second-order valence-electron chi connectivity index (χ2n) is 8.85. The van der Waals surface area contributed by atoms with Crippen LogP contribution >= 0.6 is 11.6 Å². The van der Waals surface area contributed by atoms with Gasteiger partial charge in [0.1, 0.15) is 5.82 Å². The van der Waals surface area contributed by atoms with Crippen molar-refractivity contribution in [1.82, 2.24) is 14.5 Å². The van der Waals surface area contributed by atoms with Crippen LogP contribution in [0.5, 0.6) is 0 Å². The molecule has 0 spiro atoms. The zero-order valence-corrected chi connectivity index (χ0v) is 20.3. The lowest BCUT2D eigenvalue weighted by atomic mass is 9.97. The van der Waals surface area contributed by atoms with E-state index in [4.69, 9.17) is 16.6 Å². The third-order valence-corrected chi connectivity index (χ3v) is 6.81. The van der Waals surface area contributed by atoms with Crippen molar-refractivity contribution in [3.63, 3.8) is 0 Å². The molecule has 0 bridgehead atoms. The SMILES string of the molecule is Cc1nc2c(c(=O)n1C(c1ccccc1)c1ccccc1)CCN(C(=O)Cc1ccc(Cl)cc1)C2. The molecule has 0 saturated carbocycles. The molecule has 0 aliphatic carbocycles. The maximum Gasteiger partial charge on any atom is 0.257 e. The van der Waals surface area contributed by atoms with Gasteiger partial charge >= 0.3 is 0 Å². The molecule has 5 rings (SSSR count). The second-order valence-corrected chi connectivity index (χ2v) is 9.29. The van der Waals surface area contributed by atoms with E-state index in [1.165, 1.54) is 0 Å². The highest BCUT2D eigenvalue weighted by Gasteiger charge is 2.28. The van der Waals surface area contributed by atoms with Crippen LogP contribution in [0.25, 0.3) is 0 Å². The number of amides is 1. The Bertz CT molecular complexity index is 1360. The number of benzene rings is 3. The van der Waals surface area contributed by atoms with Crippen LogP contribution in [-0.2, 0) is 24.2 Å². The number of rotatable bonds is 5. The van der Waals surface area contributed by atoms with Crippen LogP contribution in [0.2, 0.25) is 5.02 Å². The Morgan fingerprint density at radius 2 is 1.54 bits per heavy atom. The predicted octanol–water partition coefficient (Wildman–Crippen LogP) is 4.97. The quantitative estimate of drug-likeness (QED) is 0.402. The lowest BCUT2D eigenvalue weighted by Crippen LogP contribution is -2.42.